The molecule has 0 bridgehead atoms. The molecule has 3 amide bonds. The molecule has 0 aromatic heterocycles. The van der Waals surface area contributed by atoms with Gasteiger partial charge in [-0.2, -0.15) is 0 Å². The number of carbonyl (C=O) groups excluding carboxylic acids is 3. The summed E-state index contributed by atoms with van der Waals surface area (Å²) < 4.78 is 0. The first-order valence-electron chi connectivity index (χ1n) is 8.52. The molecular formula is C20H23N3O3. The lowest BCUT2D eigenvalue weighted by atomic mass is 10.1. The molecule has 0 aliphatic heterocycles. The highest BCUT2D eigenvalue weighted by atomic mass is 16.2. The molecule has 136 valence electrons. The third-order valence-electron chi connectivity index (χ3n) is 3.61. The minimum Gasteiger partial charge on any atom is -0.348 e. The molecular weight excluding hydrogens is 330 g/mol. The van der Waals surface area contributed by atoms with Crippen molar-refractivity contribution in [3.8, 4) is 0 Å². The van der Waals surface area contributed by atoms with E-state index in [4.69, 9.17) is 0 Å². The van der Waals surface area contributed by atoms with Gasteiger partial charge in [-0.25, -0.2) is 0 Å². The van der Waals surface area contributed by atoms with Crippen molar-refractivity contribution in [1.29, 1.82) is 0 Å². The normalized spacial score (nSPS) is 10.1. The summed E-state index contributed by atoms with van der Waals surface area (Å²) >= 11 is 0. The number of hydrogen-bond acceptors (Lipinski definition) is 3. The van der Waals surface area contributed by atoms with Crippen LogP contribution in [0.1, 0.15) is 42.6 Å². The summed E-state index contributed by atoms with van der Waals surface area (Å²) in [4.78, 5) is 34.9. The molecule has 2 rings (SSSR count). The zero-order valence-corrected chi connectivity index (χ0v) is 15.0. The van der Waals surface area contributed by atoms with Crippen molar-refractivity contribution in [2.45, 2.75) is 33.2 Å². The van der Waals surface area contributed by atoms with E-state index in [9.17, 15) is 14.4 Å². The van der Waals surface area contributed by atoms with Crippen molar-refractivity contribution in [2.24, 2.45) is 0 Å². The van der Waals surface area contributed by atoms with Crippen molar-refractivity contribution in [3.63, 3.8) is 0 Å². The third-order valence-corrected chi connectivity index (χ3v) is 3.61. The Bertz CT molecular complexity index is 785. The zero-order valence-electron chi connectivity index (χ0n) is 15.0. The molecule has 0 radical (unpaired) electrons. The van der Waals surface area contributed by atoms with Gasteiger partial charge in [0, 0.05) is 36.8 Å². The van der Waals surface area contributed by atoms with E-state index in [2.05, 4.69) is 16.0 Å². The predicted molar refractivity (Wildman–Crippen MR) is 102 cm³/mol. The fourth-order valence-corrected chi connectivity index (χ4v) is 2.40. The van der Waals surface area contributed by atoms with Crippen LogP contribution in [-0.2, 0) is 16.1 Å². The Balaban J connectivity index is 1.92. The number of amides is 3. The van der Waals surface area contributed by atoms with E-state index in [1.807, 2.05) is 31.2 Å². The van der Waals surface area contributed by atoms with Crippen molar-refractivity contribution in [3.05, 3.63) is 59.7 Å². The Hall–Kier alpha value is -3.15. The van der Waals surface area contributed by atoms with Gasteiger partial charge < -0.3 is 16.0 Å². The molecule has 6 heteroatoms. The molecule has 0 heterocycles. The van der Waals surface area contributed by atoms with Crippen molar-refractivity contribution >= 4 is 29.1 Å². The Morgan fingerprint density at radius 2 is 1.65 bits per heavy atom. The molecule has 26 heavy (non-hydrogen) atoms. The van der Waals surface area contributed by atoms with E-state index < -0.39 is 0 Å². The van der Waals surface area contributed by atoms with Gasteiger partial charge in [-0.15, -0.1) is 0 Å². The van der Waals surface area contributed by atoms with E-state index in [1.165, 1.54) is 6.92 Å². The summed E-state index contributed by atoms with van der Waals surface area (Å²) in [6.45, 7) is 3.73. The van der Waals surface area contributed by atoms with Crippen LogP contribution < -0.4 is 16.0 Å². The summed E-state index contributed by atoms with van der Waals surface area (Å²) in [6, 6.07) is 14.1. The molecule has 0 fully saturated rings. The van der Waals surface area contributed by atoms with Gasteiger partial charge in [-0.05, 0) is 48.4 Å². The lowest BCUT2D eigenvalue weighted by Crippen LogP contribution is -2.22. The molecule has 2 aromatic carbocycles. The molecule has 0 saturated heterocycles. The van der Waals surface area contributed by atoms with Gasteiger partial charge in [-0.3, -0.25) is 14.4 Å². The van der Waals surface area contributed by atoms with Gasteiger partial charge in [-0.1, -0.05) is 19.1 Å². The molecule has 3 N–H and O–H groups in total. The smallest absolute Gasteiger partial charge is 0.251 e. The van der Waals surface area contributed by atoms with Crippen molar-refractivity contribution < 1.29 is 14.4 Å². The summed E-state index contributed by atoms with van der Waals surface area (Å²) in [5, 5.41) is 8.33. The van der Waals surface area contributed by atoms with Gasteiger partial charge in [0.1, 0.15) is 0 Å². The van der Waals surface area contributed by atoms with E-state index in [0.717, 1.165) is 17.7 Å². The Morgan fingerprint density at radius 1 is 0.923 bits per heavy atom. The summed E-state index contributed by atoms with van der Waals surface area (Å²) in [5.41, 5.74) is 2.76. The quantitative estimate of drug-likeness (QED) is 0.713. The fourth-order valence-electron chi connectivity index (χ4n) is 2.40. The second-order valence-corrected chi connectivity index (χ2v) is 5.94. The van der Waals surface area contributed by atoms with E-state index >= 15 is 0 Å². The van der Waals surface area contributed by atoms with Crippen LogP contribution >= 0.6 is 0 Å². The minimum absolute atomic E-state index is 0.0204. The molecule has 0 saturated carbocycles. The summed E-state index contributed by atoms with van der Waals surface area (Å²) in [6.07, 6.45) is 1.28. The average Bonchev–Trinajstić information content (AvgIpc) is 2.60. The van der Waals surface area contributed by atoms with Gasteiger partial charge in [0.15, 0.2) is 0 Å². The Morgan fingerprint density at radius 3 is 2.31 bits per heavy atom. The van der Waals surface area contributed by atoms with Crippen LogP contribution in [0.4, 0.5) is 11.4 Å². The lowest BCUT2D eigenvalue weighted by Gasteiger charge is -2.09. The first kappa shape index (κ1) is 19.2. The highest BCUT2D eigenvalue weighted by molar-refractivity contribution is 5.95. The SMILES string of the molecule is CCCC(=O)Nc1cccc(CNC(=O)c2ccc(NC(C)=O)cc2)c1. The topological polar surface area (TPSA) is 87.3 Å². The molecule has 6 nitrogen and oxygen atoms in total. The second kappa shape index (κ2) is 9.36. The van der Waals surface area contributed by atoms with Crippen LogP contribution in [0.15, 0.2) is 48.5 Å². The Labute approximate surface area is 153 Å². The summed E-state index contributed by atoms with van der Waals surface area (Å²) in [5.74, 6) is -0.388. The number of hydrogen-bond donors (Lipinski definition) is 3. The third kappa shape index (κ3) is 6.05. The largest absolute Gasteiger partial charge is 0.348 e. The van der Waals surface area contributed by atoms with Crippen molar-refractivity contribution in [1.82, 2.24) is 5.32 Å². The Kier molecular flexibility index (Phi) is 6.91. The molecule has 0 aliphatic carbocycles. The van der Waals surface area contributed by atoms with Crippen molar-refractivity contribution in [2.75, 3.05) is 10.6 Å². The highest BCUT2D eigenvalue weighted by Gasteiger charge is 2.07. The first-order valence-corrected chi connectivity index (χ1v) is 8.52. The number of benzene rings is 2. The molecule has 0 aliphatic rings. The maximum Gasteiger partial charge on any atom is 0.251 e. The maximum absolute atomic E-state index is 12.2. The van der Waals surface area contributed by atoms with Crippen LogP contribution in [0.25, 0.3) is 0 Å². The van der Waals surface area contributed by atoms with E-state index in [-0.39, 0.29) is 17.7 Å². The monoisotopic (exact) mass is 353 g/mol. The van der Waals surface area contributed by atoms with E-state index in [0.29, 0.717) is 24.2 Å². The van der Waals surface area contributed by atoms with Crippen LogP contribution in [0.2, 0.25) is 0 Å². The summed E-state index contributed by atoms with van der Waals surface area (Å²) in [7, 11) is 0. The van der Waals surface area contributed by atoms with Crippen LogP contribution in [-0.4, -0.2) is 17.7 Å². The van der Waals surface area contributed by atoms with Crippen LogP contribution in [0, 0.1) is 0 Å². The lowest BCUT2D eigenvalue weighted by molar-refractivity contribution is -0.116. The highest BCUT2D eigenvalue weighted by Crippen LogP contribution is 2.12. The average molecular weight is 353 g/mol. The standard InChI is InChI=1S/C20H23N3O3/c1-3-5-19(25)23-18-7-4-6-15(12-18)13-21-20(26)16-8-10-17(11-9-16)22-14(2)24/h4,6-12H,3,5,13H2,1-2H3,(H,21,26)(H,22,24)(H,23,25). The van der Waals surface area contributed by atoms with Crippen LogP contribution in [0.3, 0.4) is 0 Å². The maximum atomic E-state index is 12.2. The molecule has 0 unspecified atom stereocenters. The van der Waals surface area contributed by atoms with Gasteiger partial charge in [0.05, 0.1) is 0 Å². The minimum atomic E-state index is -0.209. The predicted octanol–water partition coefficient (Wildman–Crippen LogP) is 3.31. The van der Waals surface area contributed by atoms with Gasteiger partial charge in [0.25, 0.3) is 5.91 Å². The van der Waals surface area contributed by atoms with Crippen LogP contribution in [0.5, 0.6) is 0 Å². The number of rotatable bonds is 7. The molecule has 0 atom stereocenters. The molecule has 0 spiro atoms. The zero-order chi connectivity index (χ0) is 18.9. The van der Waals surface area contributed by atoms with Gasteiger partial charge in [0.2, 0.25) is 11.8 Å². The number of nitrogens with one attached hydrogen (secondary N) is 3. The second-order valence-electron chi connectivity index (χ2n) is 5.94. The first-order chi connectivity index (χ1) is 12.5. The van der Waals surface area contributed by atoms with E-state index in [1.54, 1.807) is 24.3 Å². The van der Waals surface area contributed by atoms with Gasteiger partial charge >= 0.3 is 0 Å². The number of anilines is 2. The number of carbonyl (C=O) groups is 3. The fraction of sp³-hybridized carbons (Fsp3) is 0.250. The molecule has 2 aromatic rings.